The van der Waals surface area contributed by atoms with E-state index in [0.717, 1.165) is 11.1 Å². The number of carbonyl (C=O) groups is 2. The summed E-state index contributed by atoms with van der Waals surface area (Å²) in [5.41, 5.74) is 2.51. The lowest BCUT2D eigenvalue weighted by Gasteiger charge is -2.48. The van der Waals surface area contributed by atoms with Crippen LogP contribution in [-0.4, -0.2) is 59.9 Å². The number of fused-ring (bicyclic) bond motifs is 2. The Morgan fingerprint density at radius 2 is 2.03 bits per heavy atom. The summed E-state index contributed by atoms with van der Waals surface area (Å²) in [6.07, 6.45) is 1.64. The number of ether oxygens (including phenoxy) is 4. The van der Waals surface area contributed by atoms with Crippen molar-refractivity contribution in [1.82, 2.24) is 4.90 Å². The lowest BCUT2D eigenvalue weighted by Crippen LogP contribution is -2.64. The number of hydrogen-bond acceptors (Lipinski definition) is 8. The van der Waals surface area contributed by atoms with Gasteiger partial charge in [-0.15, -0.1) is 23.4 Å². The molecular formula is C24H21ClN2O6S. The Labute approximate surface area is 205 Å². The SMILES string of the molecule is COc1ccc(COC(=O)C2=C(CCl)CS[C@H]3[C@H](N=Cc4ccc5c(c4)OCO5)C(=O)N23)cc1. The van der Waals surface area contributed by atoms with Crippen LogP contribution in [0.1, 0.15) is 11.1 Å². The van der Waals surface area contributed by atoms with Gasteiger partial charge in [0.25, 0.3) is 5.91 Å². The molecule has 34 heavy (non-hydrogen) atoms. The number of methoxy groups -OCH3 is 1. The summed E-state index contributed by atoms with van der Waals surface area (Å²) in [5, 5.41) is -0.284. The molecule has 2 aromatic rings. The first-order valence-electron chi connectivity index (χ1n) is 10.5. The van der Waals surface area contributed by atoms with Crippen LogP contribution in [0.15, 0.2) is 58.7 Å². The first kappa shape index (κ1) is 22.6. The van der Waals surface area contributed by atoms with E-state index in [9.17, 15) is 9.59 Å². The van der Waals surface area contributed by atoms with E-state index in [1.54, 1.807) is 31.5 Å². The molecule has 5 rings (SSSR count). The minimum Gasteiger partial charge on any atom is -0.497 e. The number of thioether (sulfide) groups is 1. The largest absolute Gasteiger partial charge is 0.497 e. The minimum absolute atomic E-state index is 0.0768. The molecule has 0 saturated carbocycles. The summed E-state index contributed by atoms with van der Waals surface area (Å²) in [6.45, 7) is 0.269. The van der Waals surface area contributed by atoms with Gasteiger partial charge in [-0.3, -0.25) is 14.7 Å². The van der Waals surface area contributed by atoms with E-state index in [1.807, 2.05) is 24.3 Å². The molecule has 3 aliphatic rings. The van der Waals surface area contributed by atoms with E-state index in [4.69, 9.17) is 30.5 Å². The Bertz CT molecular complexity index is 1180. The molecule has 2 aromatic carbocycles. The van der Waals surface area contributed by atoms with Gasteiger partial charge in [0.1, 0.15) is 23.4 Å². The predicted molar refractivity (Wildman–Crippen MR) is 128 cm³/mol. The lowest BCUT2D eigenvalue weighted by molar-refractivity contribution is -0.151. The molecular weight excluding hydrogens is 480 g/mol. The number of carbonyl (C=O) groups excluding carboxylic acids is 2. The number of aliphatic imine (C=N–C) groups is 1. The summed E-state index contributed by atoms with van der Waals surface area (Å²) in [7, 11) is 1.59. The van der Waals surface area contributed by atoms with E-state index in [2.05, 4.69) is 4.99 Å². The molecule has 2 atom stereocenters. The summed E-state index contributed by atoms with van der Waals surface area (Å²) >= 11 is 7.63. The molecule has 0 aliphatic carbocycles. The van der Waals surface area contributed by atoms with Gasteiger partial charge in [-0.1, -0.05) is 12.1 Å². The zero-order chi connectivity index (χ0) is 23.7. The molecule has 10 heteroatoms. The van der Waals surface area contributed by atoms with Crippen molar-refractivity contribution >= 4 is 41.5 Å². The van der Waals surface area contributed by atoms with Gasteiger partial charge in [-0.05, 0) is 47.0 Å². The number of benzene rings is 2. The maximum absolute atomic E-state index is 13.0. The fourth-order valence-electron chi connectivity index (χ4n) is 3.86. The summed E-state index contributed by atoms with van der Waals surface area (Å²) < 4.78 is 21.4. The van der Waals surface area contributed by atoms with Crippen molar-refractivity contribution in [3.8, 4) is 17.2 Å². The second-order valence-electron chi connectivity index (χ2n) is 7.76. The van der Waals surface area contributed by atoms with Gasteiger partial charge in [0.05, 0.1) is 7.11 Å². The molecule has 0 spiro atoms. The van der Waals surface area contributed by atoms with Crippen LogP contribution in [0.3, 0.4) is 0 Å². The Kier molecular flexibility index (Phi) is 6.38. The van der Waals surface area contributed by atoms with Crippen LogP contribution in [0.4, 0.5) is 0 Å². The van der Waals surface area contributed by atoms with Crippen molar-refractivity contribution < 1.29 is 28.5 Å². The Morgan fingerprint density at radius 1 is 1.24 bits per heavy atom. The molecule has 176 valence electrons. The monoisotopic (exact) mass is 500 g/mol. The highest BCUT2D eigenvalue weighted by molar-refractivity contribution is 8.00. The summed E-state index contributed by atoms with van der Waals surface area (Å²) in [6, 6.07) is 12.1. The van der Waals surface area contributed by atoms with Crippen molar-refractivity contribution in [1.29, 1.82) is 0 Å². The molecule has 1 saturated heterocycles. The van der Waals surface area contributed by atoms with E-state index in [0.29, 0.717) is 28.6 Å². The Hall–Kier alpha value is -3.17. The van der Waals surface area contributed by atoms with Crippen LogP contribution in [-0.2, 0) is 20.9 Å². The standard InChI is InChI=1S/C24H21ClN2O6S/c1-30-17-5-2-14(3-6-17)11-31-24(29)21-16(9-25)12-34-23-20(22(28)27(21)23)26-10-15-4-7-18-19(8-15)33-13-32-18/h2-8,10,20,23H,9,11-13H2,1H3/t20-,23+/m1/s1. The van der Waals surface area contributed by atoms with E-state index in [1.165, 1.54) is 16.7 Å². The molecule has 0 aromatic heterocycles. The van der Waals surface area contributed by atoms with E-state index >= 15 is 0 Å². The predicted octanol–water partition coefficient (Wildman–Crippen LogP) is 3.36. The van der Waals surface area contributed by atoms with Gasteiger partial charge in [-0.25, -0.2) is 4.79 Å². The van der Waals surface area contributed by atoms with Gasteiger partial charge in [0, 0.05) is 17.8 Å². The molecule has 0 radical (unpaired) electrons. The normalized spacial score (nSPS) is 20.9. The highest BCUT2D eigenvalue weighted by atomic mass is 35.5. The maximum Gasteiger partial charge on any atom is 0.355 e. The first-order valence-corrected chi connectivity index (χ1v) is 12.1. The second-order valence-corrected chi connectivity index (χ2v) is 9.13. The molecule has 0 bridgehead atoms. The third-order valence-electron chi connectivity index (χ3n) is 5.68. The molecule has 0 unspecified atom stereocenters. The average Bonchev–Trinajstić information content (AvgIpc) is 3.34. The van der Waals surface area contributed by atoms with Crippen molar-refractivity contribution in [2.75, 3.05) is 25.5 Å². The van der Waals surface area contributed by atoms with Crippen molar-refractivity contribution in [2.24, 2.45) is 4.99 Å². The van der Waals surface area contributed by atoms with Gasteiger partial charge in [-0.2, -0.15) is 0 Å². The third kappa shape index (κ3) is 4.21. The number of hydrogen-bond donors (Lipinski definition) is 0. The van der Waals surface area contributed by atoms with Crippen LogP contribution in [0.5, 0.6) is 17.2 Å². The Morgan fingerprint density at radius 3 is 2.79 bits per heavy atom. The zero-order valence-electron chi connectivity index (χ0n) is 18.2. The fourth-order valence-corrected chi connectivity index (χ4v) is 5.53. The molecule has 3 heterocycles. The topological polar surface area (TPSA) is 86.7 Å². The van der Waals surface area contributed by atoms with Gasteiger partial charge < -0.3 is 18.9 Å². The average molecular weight is 501 g/mol. The zero-order valence-corrected chi connectivity index (χ0v) is 19.8. The van der Waals surface area contributed by atoms with Crippen LogP contribution in [0.25, 0.3) is 0 Å². The molecule has 0 N–H and O–H groups in total. The van der Waals surface area contributed by atoms with Crippen molar-refractivity contribution in [3.63, 3.8) is 0 Å². The summed E-state index contributed by atoms with van der Waals surface area (Å²) in [5.74, 6) is 1.89. The molecule has 8 nitrogen and oxygen atoms in total. The fraction of sp³-hybridized carbons (Fsp3) is 0.292. The first-order chi connectivity index (χ1) is 16.6. The van der Waals surface area contributed by atoms with Crippen molar-refractivity contribution in [2.45, 2.75) is 18.0 Å². The number of nitrogens with zero attached hydrogens (tertiary/aromatic N) is 2. The maximum atomic E-state index is 13.0. The van der Waals surface area contributed by atoms with Crippen LogP contribution >= 0.6 is 23.4 Å². The van der Waals surface area contributed by atoms with Gasteiger partial charge in [0.2, 0.25) is 6.79 Å². The van der Waals surface area contributed by atoms with Crippen LogP contribution in [0.2, 0.25) is 0 Å². The molecule has 1 amide bonds. The molecule has 3 aliphatic heterocycles. The van der Waals surface area contributed by atoms with Gasteiger partial charge >= 0.3 is 5.97 Å². The van der Waals surface area contributed by atoms with Gasteiger partial charge in [0.15, 0.2) is 17.5 Å². The Balaban J connectivity index is 1.27. The van der Waals surface area contributed by atoms with E-state index in [-0.39, 0.29) is 36.3 Å². The highest BCUT2D eigenvalue weighted by Gasteiger charge is 2.53. The minimum atomic E-state index is -0.586. The highest BCUT2D eigenvalue weighted by Crippen LogP contribution is 2.42. The van der Waals surface area contributed by atoms with Crippen LogP contribution in [0, 0.1) is 0 Å². The third-order valence-corrected chi connectivity index (χ3v) is 7.33. The number of rotatable bonds is 7. The number of esters is 1. The number of β-lactam (4-membered cyclic amide) rings is 1. The second kappa shape index (κ2) is 9.60. The van der Waals surface area contributed by atoms with E-state index < -0.39 is 12.0 Å². The number of halogens is 1. The number of alkyl halides is 1. The summed E-state index contributed by atoms with van der Waals surface area (Å²) in [4.78, 5) is 31.9. The lowest BCUT2D eigenvalue weighted by atomic mass is 10.0. The smallest absolute Gasteiger partial charge is 0.355 e. The molecule has 1 fully saturated rings. The van der Waals surface area contributed by atoms with Crippen LogP contribution < -0.4 is 14.2 Å². The quantitative estimate of drug-likeness (QED) is 0.249. The number of amides is 1. The van der Waals surface area contributed by atoms with Crippen molar-refractivity contribution in [3.05, 3.63) is 64.9 Å².